The lowest BCUT2D eigenvalue weighted by atomic mass is 10.1. The highest BCUT2D eigenvalue weighted by molar-refractivity contribution is 5.08. The molecule has 0 saturated heterocycles. The average molecular weight is 177 g/mol. The summed E-state index contributed by atoms with van der Waals surface area (Å²) in [6.45, 7) is 1.98. The van der Waals surface area contributed by atoms with Crippen LogP contribution in [-0.4, -0.2) is 16.0 Å². The van der Waals surface area contributed by atoms with Crippen LogP contribution in [0.5, 0.6) is 0 Å². The summed E-state index contributed by atoms with van der Waals surface area (Å²) in [7, 11) is 0. The number of nitrogens with zero attached hydrogens (tertiary/aromatic N) is 2. The lowest BCUT2D eigenvalue weighted by molar-refractivity contribution is 0.583. The van der Waals surface area contributed by atoms with Gasteiger partial charge in [-0.05, 0) is 31.7 Å². The molecule has 0 bridgehead atoms. The summed E-state index contributed by atoms with van der Waals surface area (Å²) in [5.74, 6) is 0.746. The maximum absolute atomic E-state index is 6.00. The summed E-state index contributed by atoms with van der Waals surface area (Å²) in [5.41, 5.74) is 8.10. The Morgan fingerprint density at radius 2 is 2.31 bits per heavy atom. The molecule has 1 fully saturated rings. The Morgan fingerprint density at radius 1 is 1.54 bits per heavy atom. The van der Waals surface area contributed by atoms with Crippen molar-refractivity contribution >= 4 is 0 Å². The summed E-state index contributed by atoms with van der Waals surface area (Å²) in [4.78, 5) is 8.25. The molecule has 1 heterocycles. The zero-order chi connectivity index (χ0) is 9.26. The van der Waals surface area contributed by atoms with Gasteiger partial charge in [-0.15, -0.1) is 0 Å². The number of rotatable bonds is 3. The third-order valence-corrected chi connectivity index (χ3v) is 2.53. The van der Waals surface area contributed by atoms with Crippen LogP contribution < -0.4 is 5.73 Å². The Labute approximate surface area is 78.4 Å². The van der Waals surface area contributed by atoms with Crippen molar-refractivity contribution in [3.8, 4) is 0 Å². The smallest absolute Gasteiger partial charge is 0.115 e. The molecule has 0 radical (unpaired) electrons. The van der Waals surface area contributed by atoms with Gasteiger partial charge in [0.2, 0.25) is 0 Å². The van der Waals surface area contributed by atoms with E-state index in [2.05, 4.69) is 9.97 Å². The van der Waals surface area contributed by atoms with Crippen LogP contribution in [-0.2, 0) is 6.42 Å². The Hall–Kier alpha value is -0.960. The molecule has 1 unspecified atom stereocenters. The van der Waals surface area contributed by atoms with Gasteiger partial charge in [0.05, 0.1) is 0 Å². The number of hydrogen-bond acceptors (Lipinski definition) is 3. The standard InChI is InChI=1S/C10H15N3/c1-7-4-9(13-6-12-7)5-10(11)8-2-3-8/h4,6,8,10H,2-3,5,11H2,1H3. The monoisotopic (exact) mass is 177 g/mol. The van der Waals surface area contributed by atoms with Crippen LogP contribution in [0.4, 0.5) is 0 Å². The SMILES string of the molecule is Cc1cc(CC(N)C2CC2)ncn1. The molecule has 1 aromatic heterocycles. The molecule has 13 heavy (non-hydrogen) atoms. The quantitative estimate of drug-likeness (QED) is 0.751. The first-order valence-electron chi connectivity index (χ1n) is 4.79. The summed E-state index contributed by atoms with van der Waals surface area (Å²) >= 11 is 0. The Morgan fingerprint density at radius 3 is 2.92 bits per heavy atom. The topological polar surface area (TPSA) is 51.8 Å². The Bertz CT molecular complexity index is 294. The van der Waals surface area contributed by atoms with Gasteiger partial charge >= 0.3 is 0 Å². The molecule has 2 N–H and O–H groups in total. The van der Waals surface area contributed by atoms with Crippen LogP contribution in [0.15, 0.2) is 12.4 Å². The van der Waals surface area contributed by atoms with Crippen LogP contribution in [0.3, 0.4) is 0 Å². The first-order valence-corrected chi connectivity index (χ1v) is 4.79. The van der Waals surface area contributed by atoms with E-state index in [0.717, 1.165) is 23.7 Å². The van der Waals surface area contributed by atoms with E-state index in [1.165, 1.54) is 12.8 Å². The highest BCUT2D eigenvalue weighted by Gasteiger charge is 2.28. The Kier molecular flexibility index (Phi) is 2.27. The first kappa shape index (κ1) is 8.63. The largest absolute Gasteiger partial charge is 0.327 e. The van der Waals surface area contributed by atoms with E-state index < -0.39 is 0 Å². The van der Waals surface area contributed by atoms with Gasteiger partial charge < -0.3 is 5.73 Å². The highest BCUT2D eigenvalue weighted by atomic mass is 14.8. The highest BCUT2D eigenvalue weighted by Crippen LogP contribution is 2.32. The van der Waals surface area contributed by atoms with Crippen molar-refractivity contribution < 1.29 is 0 Å². The lowest BCUT2D eigenvalue weighted by Gasteiger charge is -2.08. The van der Waals surface area contributed by atoms with E-state index in [1.54, 1.807) is 6.33 Å². The van der Waals surface area contributed by atoms with E-state index in [9.17, 15) is 0 Å². The zero-order valence-electron chi connectivity index (χ0n) is 7.90. The zero-order valence-corrected chi connectivity index (χ0v) is 7.90. The Balaban J connectivity index is 2.00. The van der Waals surface area contributed by atoms with Crippen molar-refractivity contribution in [2.24, 2.45) is 11.7 Å². The van der Waals surface area contributed by atoms with Gasteiger partial charge in [-0.3, -0.25) is 0 Å². The van der Waals surface area contributed by atoms with E-state index in [-0.39, 0.29) is 0 Å². The summed E-state index contributed by atoms with van der Waals surface area (Å²) in [6.07, 6.45) is 5.11. The molecule has 1 aliphatic carbocycles. The van der Waals surface area contributed by atoms with E-state index in [1.807, 2.05) is 13.0 Å². The second-order valence-electron chi connectivity index (χ2n) is 3.86. The molecule has 3 heteroatoms. The minimum atomic E-state index is 0.300. The van der Waals surface area contributed by atoms with Gasteiger partial charge in [0, 0.05) is 23.9 Å². The third-order valence-electron chi connectivity index (χ3n) is 2.53. The van der Waals surface area contributed by atoms with E-state index in [0.29, 0.717) is 6.04 Å². The molecular weight excluding hydrogens is 162 g/mol. The van der Waals surface area contributed by atoms with Crippen molar-refractivity contribution in [3.05, 3.63) is 23.8 Å². The van der Waals surface area contributed by atoms with Crippen LogP contribution in [0.1, 0.15) is 24.2 Å². The molecule has 70 valence electrons. The number of nitrogens with two attached hydrogens (primary N) is 1. The molecule has 1 aliphatic rings. The second kappa shape index (κ2) is 3.42. The summed E-state index contributed by atoms with van der Waals surface area (Å²) in [5, 5.41) is 0. The minimum Gasteiger partial charge on any atom is -0.327 e. The fourth-order valence-electron chi connectivity index (χ4n) is 1.55. The molecule has 0 aliphatic heterocycles. The van der Waals surface area contributed by atoms with Crippen LogP contribution in [0.25, 0.3) is 0 Å². The van der Waals surface area contributed by atoms with Gasteiger partial charge in [0.1, 0.15) is 6.33 Å². The number of aryl methyl sites for hydroxylation is 1. The normalized spacial score (nSPS) is 18.6. The average Bonchev–Trinajstić information content (AvgIpc) is 2.85. The van der Waals surface area contributed by atoms with Gasteiger partial charge in [-0.2, -0.15) is 0 Å². The van der Waals surface area contributed by atoms with Crippen LogP contribution in [0, 0.1) is 12.8 Å². The van der Waals surface area contributed by atoms with Gasteiger partial charge in [0.15, 0.2) is 0 Å². The maximum Gasteiger partial charge on any atom is 0.115 e. The number of aromatic nitrogens is 2. The fraction of sp³-hybridized carbons (Fsp3) is 0.600. The predicted octanol–water partition coefficient (Wildman–Crippen LogP) is 1.06. The van der Waals surface area contributed by atoms with Crippen molar-refractivity contribution in [1.29, 1.82) is 0 Å². The summed E-state index contributed by atoms with van der Waals surface area (Å²) in [6, 6.07) is 2.32. The second-order valence-corrected chi connectivity index (χ2v) is 3.86. The number of hydrogen-bond donors (Lipinski definition) is 1. The summed E-state index contributed by atoms with van der Waals surface area (Å²) < 4.78 is 0. The third kappa shape index (κ3) is 2.25. The fourth-order valence-corrected chi connectivity index (χ4v) is 1.55. The molecule has 1 saturated carbocycles. The van der Waals surface area contributed by atoms with Crippen molar-refractivity contribution in [2.75, 3.05) is 0 Å². The van der Waals surface area contributed by atoms with Crippen molar-refractivity contribution in [2.45, 2.75) is 32.2 Å². The van der Waals surface area contributed by atoms with Gasteiger partial charge in [0.25, 0.3) is 0 Å². The van der Waals surface area contributed by atoms with E-state index >= 15 is 0 Å². The predicted molar refractivity (Wildman–Crippen MR) is 51.2 cm³/mol. The van der Waals surface area contributed by atoms with Crippen LogP contribution >= 0.6 is 0 Å². The molecule has 2 rings (SSSR count). The molecule has 1 aromatic rings. The maximum atomic E-state index is 6.00. The first-order chi connectivity index (χ1) is 6.25. The molecule has 0 aromatic carbocycles. The van der Waals surface area contributed by atoms with E-state index in [4.69, 9.17) is 5.73 Å². The minimum absolute atomic E-state index is 0.300. The lowest BCUT2D eigenvalue weighted by Crippen LogP contribution is -2.25. The van der Waals surface area contributed by atoms with Crippen molar-refractivity contribution in [1.82, 2.24) is 9.97 Å². The molecule has 0 spiro atoms. The van der Waals surface area contributed by atoms with Crippen molar-refractivity contribution in [3.63, 3.8) is 0 Å². The molecular formula is C10H15N3. The molecule has 3 nitrogen and oxygen atoms in total. The molecule has 0 amide bonds. The van der Waals surface area contributed by atoms with Gasteiger partial charge in [-0.25, -0.2) is 9.97 Å². The van der Waals surface area contributed by atoms with Gasteiger partial charge in [-0.1, -0.05) is 0 Å². The van der Waals surface area contributed by atoms with Crippen LogP contribution in [0.2, 0.25) is 0 Å². The molecule has 1 atom stereocenters.